The van der Waals surface area contributed by atoms with Gasteiger partial charge in [0.05, 0.1) is 6.04 Å². The topological polar surface area (TPSA) is 68.2 Å². The van der Waals surface area contributed by atoms with Gasteiger partial charge < -0.3 is 11.1 Å². The van der Waals surface area contributed by atoms with Gasteiger partial charge in [-0.1, -0.05) is 24.3 Å². The molecule has 0 aliphatic heterocycles. The highest BCUT2D eigenvalue weighted by molar-refractivity contribution is 5.54. The monoisotopic (exact) mass is 279 g/mol. The number of hydrogen-bond acceptors (Lipinski definition) is 4. The van der Waals surface area contributed by atoms with Crippen molar-refractivity contribution < 1.29 is 0 Å². The molecular formula is C16H17N5. The molecule has 0 spiro atoms. The van der Waals surface area contributed by atoms with Crippen LogP contribution in [0, 0.1) is 6.92 Å². The van der Waals surface area contributed by atoms with E-state index in [9.17, 15) is 0 Å². The average molecular weight is 279 g/mol. The Morgan fingerprint density at radius 1 is 1.29 bits per heavy atom. The van der Waals surface area contributed by atoms with Crippen molar-refractivity contribution in [1.82, 2.24) is 14.6 Å². The Balaban J connectivity index is 1.77. The molecule has 4 rings (SSSR count). The number of nitrogens with one attached hydrogen (secondary N) is 1. The summed E-state index contributed by atoms with van der Waals surface area (Å²) in [5.41, 5.74) is 10.9. The third-order valence-corrected chi connectivity index (χ3v) is 4.10. The number of hydrogen-bond donors (Lipinski definition) is 2. The molecule has 3 aromatic rings. The second-order valence-corrected chi connectivity index (χ2v) is 5.64. The van der Waals surface area contributed by atoms with Gasteiger partial charge in [-0.25, -0.2) is 4.98 Å². The number of aryl methyl sites for hydroxylation is 1. The Morgan fingerprint density at radius 3 is 3.05 bits per heavy atom. The lowest BCUT2D eigenvalue weighted by molar-refractivity contribution is 0.621. The molecule has 106 valence electrons. The molecule has 0 radical (unpaired) electrons. The number of nitrogens with zero attached hydrogens (tertiary/aromatic N) is 3. The first kappa shape index (κ1) is 12.3. The van der Waals surface area contributed by atoms with Crippen molar-refractivity contribution in [1.29, 1.82) is 0 Å². The van der Waals surface area contributed by atoms with E-state index in [-0.39, 0.29) is 12.1 Å². The Hall–Kier alpha value is -2.40. The van der Waals surface area contributed by atoms with Crippen molar-refractivity contribution in [3.63, 3.8) is 0 Å². The molecule has 21 heavy (non-hydrogen) atoms. The fourth-order valence-corrected chi connectivity index (χ4v) is 3.13. The molecule has 3 N–H and O–H groups in total. The molecule has 2 heterocycles. The van der Waals surface area contributed by atoms with Crippen LogP contribution in [-0.2, 0) is 6.42 Å². The quantitative estimate of drug-likeness (QED) is 0.753. The largest absolute Gasteiger partial charge is 0.362 e. The highest BCUT2D eigenvalue weighted by Crippen LogP contribution is 2.33. The number of nitrogens with two attached hydrogens (primary N) is 1. The number of aromatic nitrogens is 3. The SMILES string of the molecule is Cc1cc(NC2c3ccccc3CC2N)n2ncnc2c1. The summed E-state index contributed by atoms with van der Waals surface area (Å²) in [5, 5.41) is 7.84. The molecule has 2 aromatic heterocycles. The van der Waals surface area contributed by atoms with Crippen molar-refractivity contribution >= 4 is 11.5 Å². The van der Waals surface area contributed by atoms with Crippen molar-refractivity contribution in [2.45, 2.75) is 25.4 Å². The van der Waals surface area contributed by atoms with Gasteiger partial charge in [-0.2, -0.15) is 9.61 Å². The average Bonchev–Trinajstić information content (AvgIpc) is 3.04. The smallest absolute Gasteiger partial charge is 0.157 e. The zero-order chi connectivity index (χ0) is 14.4. The van der Waals surface area contributed by atoms with Crippen LogP contribution in [0.2, 0.25) is 0 Å². The van der Waals surface area contributed by atoms with Crippen molar-refractivity contribution in [2.24, 2.45) is 5.73 Å². The highest BCUT2D eigenvalue weighted by atomic mass is 15.3. The van der Waals surface area contributed by atoms with Crippen molar-refractivity contribution in [2.75, 3.05) is 5.32 Å². The number of benzene rings is 1. The Bertz CT molecular complexity index is 807. The summed E-state index contributed by atoms with van der Waals surface area (Å²) in [5.74, 6) is 0.930. The van der Waals surface area contributed by atoms with Crippen LogP contribution in [0.15, 0.2) is 42.7 Å². The molecule has 5 heteroatoms. The summed E-state index contributed by atoms with van der Waals surface area (Å²) in [4.78, 5) is 4.26. The maximum Gasteiger partial charge on any atom is 0.157 e. The van der Waals surface area contributed by atoms with Crippen LogP contribution in [0.5, 0.6) is 0 Å². The molecular weight excluding hydrogens is 262 g/mol. The Morgan fingerprint density at radius 2 is 2.14 bits per heavy atom. The summed E-state index contributed by atoms with van der Waals surface area (Å²) in [6.07, 6.45) is 2.47. The first-order valence-corrected chi connectivity index (χ1v) is 7.13. The van der Waals surface area contributed by atoms with E-state index in [0.29, 0.717) is 0 Å². The molecule has 0 saturated heterocycles. The van der Waals surface area contributed by atoms with Gasteiger partial charge in [0.2, 0.25) is 0 Å². The van der Waals surface area contributed by atoms with Crippen LogP contribution in [0.4, 0.5) is 5.82 Å². The lowest BCUT2D eigenvalue weighted by atomic mass is 10.1. The minimum Gasteiger partial charge on any atom is -0.362 e. The Kier molecular flexibility index (Phi) is 2.68. The molecule has 0 saturated carbocycles. The summed E-state index contributed by atoms with van der Waals surface area (Å²) in [6.45, 7) is 2.06. The van der Waals surface area contributed by atoms with E-state index in [1.807, 2.05) is 10.6 Å². The fraction of sp³-hybridized carbons (Fsp3) is 0.250. The number of fused-ring (bicyclic) bond motifs is 2. The van der Waals surface area contributed by atoms with Crippen LogP contribution in [-0.4, -0.2) is 20.6 Å². The molecule has 0 amide bonds. The van der Waals surface area contributed by atoms with Gasteiger partial charge in [0, 0.05) is 6.04 Å². The predicted octanol–water partition coefficient (Wildman–Crippen LogP) is 2.07. The zero-order valence-corrected chi connectivity index (χ0v) is 11.8. The minimum absolute atomic E-state index is 0.0708. The maximum absolute atomic E-state index is 6.33. The van der Waals surface area contributed by atoms with E-state index < -0.39 is 0 Å². The van der Waals surface area contributed by atoms with E-state index in [0.717, 1.165) is 23.4 Å². The Labute approximate surface area is 122 Å². The van der Waals surface area contributed by atoms with Crippen LogP contribution in [0.3, 0.4) is 0 Å². The lowest BCUT2D eigenvalue weighted by Crippen LogP contribution is -2.30. The molecule has 2 unspecified atom stereocenters. The zero-order valence-electron chi connectivity index (χ0n) is 11.8. The minimum atomic E-state index is 0.0708. The molecule has 0 fully saturated rings. The first-order chi connectivity index (χ1) is 10.2. The molecule has 1 aromatic carbocycles. The number of pyridine rings is 1. The number of anilines is 1. The van der Waals surface area contributed by atoms with Gasteiger partial charge in [-0.05, 0) is 42.2 Å². The second-order valence-electron chi connectivity index (χ2n) is 5.64. The normalized spacial score (nSPS) is 20.7. The van der Waals surface area contributed by atoms with Crippen LogP contribution >= 0.6 is 0 Å². The fourth-order valence-electron chi connectivity index (χ4n) is 3.13. The van der Waals surface area contributed by atoms with Gasteiger partial charge in [-0.15, -0.1) is 0 Å². The molecule has 5 nitrogen and oxygen atoms in total. The van der Waals surface area contributed by atoms with E-state index in [1.165, 1.54) is 11.1 Å². The molecule has 2 atom stereocenters. The highest BCUT2D eigenvalue weighted by Gasteiger charge is 2.29. The van der Waals surface area contributed by atoms with Gasteiger partial charge in [0.1, 0.15) is 12.1 Å². The predicted molar refractivity (Wildman–Crippen MR) is 82.2 cm³/mol. The van der Waals surface area contributed by atoms with E-state index in [4.69, 9.17) is 5.73 Å². The van der Waals surface area contributed by atoms with E-state index in [2.05, 4.69) is 52.7 Å². The van der Waals surface area contributed by atoms with Gasteiger partial charge in [0.15, 0.2) is 5.65 Å². The molecule has 1 aliphatic carbocycles. The maximum atomic E-state index is 6.33. The van der Waals surface area contributed by atoms with Crippen LogP contribution in [0.25, 0.3) is 5.65 Å². The van der Waals surface area contributed by atoms with E-state index in [1.54, 1.807) is 6.33 Å². The van der Waals surface area contributed by atoms with Crippen LogP contribution < -0.4 is 11.1 Å². The van der Waals surface area contributed by atoms with Crippen molar-refractivity contribution in [3.8, 4) is 0 Å². The van der Waals surface area contributed by atoms with Gasteiger partial charge in [0.25, 0.3) is 0 Å². The first-order valence-electron chi connectivity index (χ1n) is 7.13. The van der Waals surface area contributed by atoms with Crippen LogP contribution in [0.1, 0.15) is 22.7 Å². The van der Waals surface area contributed by atoms with Gasteiger partial charge in [-0.3, -0.25) is 0 Å². The third kappa shape index (κ3) is 1.97. The summed E-state index contributed by atoms with van der Waals surface area (Å²) >= 11 is 0. The third-order valence-electron chi connectivity index (χ3n) is 4.10. The summed E-state index contributed by atoms with van der Waals surface area (Å²) < 4.78 is 1.82. The summed E-state index contributed by atoms with van der Waals surface area (Å²) in [7, 11) is 0. The number of rotatable bonds is 2. The van der Waals surface area contributed by atoms with E-state index >= 15 is 0 Å². The second kappa shape index (κ2) is 4.56. The standard InChI is InChI=1S/C16H17N5/c1-10-6-14-18-9-19-21(14)15(7-10)20-16-12-5-3-2-4-11(12)8-13(16)17/h2-7,9,13,16,20H,8,17H2,1H3. The lowest BCUT2D eigenvalue weighted by Gasteiger charge is -2.20. The van der Waals surface area contributed by atoms with Crippen molar-refractivity contribution in [3.05, 3.63) is 59.4 Å². The molecule has 1 aliphatic rings. The molecule has 0 bridgehead atoms. The summed E-state index contributed by atoms with van der Waals surface area (Å²) in [6, 6.07) is 12.7. The van der Waals surface area contributed by atoms with Gasteiger partial charge >= 0.3 is 0 Å².